The minimum absolute atomic E-state index is 0.669. The molecule has 80 valence electrons. The predicted octanol–water partition coefficient (Wildman–Crippen LogP) is 1.93. The molecule has 14 heavy (non-hydrogen) atoms. The minimum Gasteiger partial charge on any atom is -0.393 e. The number of hydrogen-bond donors (Lipinski definition) is 1. The fourth-order valence-corrected chi connectivity index (χ4v) is 2.02. The van der Waals surface area contributed by atoms with Crippen molar-refractivity contribution in [1.82, 2.24) is 4.90 Å². The highest BCUT2D eigenvalue weighted by molar-refractivity contribution is 7.80. The highest BCUT2D eigenvalue weighted by Crippen LogP contribution is 2.34. The molecule has 3 heteroatoms. The van der Waals surface area contributed by atoms with Crippen LogP contribution >= 0.6 is 12.2 Å². The quantitative estimate of drug-likeness (QED) is 0.654. The van der Waals surface area contributed by atoms with E-state index in [1.807, 2.05) is 0 Å². The zero-order valence-electron chi connectivity index (χ0n) is 8.74. The van der Waals surface area contributed by atoms with Crippen molar-refractivity contribution in [1.29, 1.82) is 0 Å². The molecule has 2 aliphatic carbocycles. The molecular formula is C11H20N2S. The van der Waals surface area contributed by atoms with E-state index in [4.69, 9.17) is 18.0 Å². The summed E-state index contributed by atoms with van der Waals surface area (Å²) in [5, 5.41) is 0. The van der Waals surface area contributed by atoms with Gasteiger partial charge in [-0.05, 0) is 31.7 Å². The second kappa shape index (κ2) is 4.58. The molecule has 2 fully saturated rings. The normalized spacial score (nSPS) is 21.5. The van der Waals surface area contributed by atoms with Gasteiger partial charge in [0.25, 0.3) is 0 Å². The molecule has 0 aromatic rings. The Morgan fingerprint density at radius 1 is 1.21 bits per heavy atom. The summed E-state index contributed by atoms with van der Waals surface area (Å²) in [6, 6.07) is 0.864. The molecule has 0 unspecified atom stereocenters. The van der Waals surface area contributed by atoms with E-state index in [9.17, 15) is 0 Å². The fourth-order valence-electron chi connectivity index (χ4n) is 1.93. The van der Waals surface area contributed by atoms with E-state index in [1.165, 1.54) is 38.6 Å². The third-order valence-corrected chi connectivity index (χ3v) is 3.43. The van der Waals surface area contributed by atoms with E-state index in [0.717, 1.165) is 24.9 Å². The highest BCUT2D eigenvalue weighted by atomic mass is 32.1. The summed E-state index contributed by atoms with van der Waals surface area (Å²) < 4.78 is 0. The molecule has 2 N–H and O–H groups in total. The Bertz CT molecular complexity index is 209. The summed E-state index contributed by atoms with van der Waals surface area (Å²) in [5.74, 6) is 1.04. The smallest absolute Gasteiger partial charge is 0.0740 e. The number of rotatable bonds is 7. The van der Waals surface area contributed by atoms with Crippen LogP contribution in [0.1, 0.15) is 38.5 Å². The van der Waals surface area contributed by atoms with Crippen LogP contribution in [0, 0.1) is 5.92 Å². The van der Waals surface area contributed by atoms with Crippen molar-refractivity contribution in [3.8, 4) is 0 Å². The molecule has 2 nitrogen and oxygen atoms in total. The zero-order valence-corrected chi connectivity index (χ0v) is 9.56. The van der Waals surface area contributed by atoms with Crippen LogP contribution in [0.5, 0.6) is 0 Å². The second-order valence-corrected chi connectivity index (χ2v) is 5.24. The molecule has 0 saturated heterocycles. The highest BCUT2D eigenvalue weighted by Gasteiger charge is 2.30. The van der Waals surface area contributed by atoms with Crippen LogP contribution < -0.4 is 5.73 Å². The zero-order chi connectivity index (χ0) is 9.97. The molecule has 0 bridgehead atoms. The van der Waals surface area contributed by atoms with Gasteiger partial charge in [-0.15, -0.1) is 0 Å². The van der Waals surface area contributed by atoms with Gasteiger partial charge in [0, 0.05) is 19.0 Å². The van der Waals surface area contributed by atoms with Crippen LogP contribution in [0.4, 0.5) is 0 Å². The standard InChI is InChI=1S/C11H20N2S/c12-11(14)6-8-13(10-3-4-10)7-5-9-1-2-9/h9-10H,1-8H2,(H2,12,14). The monoisotopic (exact) mass is 212 g/mol. The number of thiocarbonyl (C=S) groups is 1. The van der Waals surface area contributed by atoms with E-state index >= 15 is 0 Å². The van der Waals surface area contributed by atoms with Crippen molar-refractivity contribution in [2.45, 2.75) is 44.6 Å². The SMILES string of the molecule is NC(=S)CCN(CCC1CC1)C1CC1. The first-order valence-corrected chi connectivity index (χ1v) is 6.19. The van der Waals surface area contributed by atoms with Gasteiger partial charge >= 0.3 is 0 Å². The Morgan fingerprint density at radius 3 is 2.43 bits per heavy atom. The van der Waals surface area contributed by atoms with Gasteiger partial charge in [0.15, 0.2) is 0 Å². The van der Waals surface area contributed by atoms with Crippen LogP contribution in [0.25, 0.3) is 0 Å². The summed E-state index contributed by atoms with van der Waals surface area (Å²) >= 11 is 4.92. The van der Waals surface area contributed by atoms with E-state index in [1.54, 1.807) is 0 Å². The van der Waals surface area contributed by atoms with Gasteiger partial charge in [0.1, 0.15) is 0 Å². The lowest BCUT2D eigenvalue weighted by Gasteiger charge is -2.21. The minimum atomic E-state index is 0.669. The third-order valence-electron chi connectivity index (χ3n) is 3.23. The molecule has 0 amide bonds. The average Bonchev–Trinajstić information content (AvgIpc) is 2.99. The van der Waals surface area contributed by atoms with Crippen molar-refractivity contribution in [2.24, 2.45) is 11.7 Å². The van der Waals surface area contributed by atoms with E-state index in [-0.39, 0.29) is 0 Å². The van der Waals surface area contributed by atoms with Gasteiger partial charge in [-0.25, -0.2) is 0 Å². The van der Waals surface area contributed by atoms with Crippen molar-refractivity contribution in [2.75, 3.05) is 13.1 Å². The van der Waals surface area contributed by atoms with E-state index in [2.05, 4.69) is 4.90 Å². The lowest BCUT2D eigenvalue weighted by molar-refractivity contribution is 0.262. The summed E-state index contributed by atoms with van der Waals surface area (Å²) in [5.41, 5.74) is 5.53. The van der Waals surface area contributed by atoms with Crippen molar-refractivity contribution in [3.63, 3.8) is 0 Å². The van der Waals surface area contributed by atoms with Crippen molar-refractivity contribution in [3.05, 3.63) is 0 Å². The first-order valence-electron chi connectivity index (χ1n) is 5.78. The molecule has 2 saturated carbocycles. The molecule has 0 aromatic heterocycles. The number of nitrogens with two attached hydrogens (primary N) is 1. The van der Waals surface area contributed by atoms with Crippen LogP contribution in [-0.2, 0) is 0 Å². The number of hydrogen-bond acceptors (Lipinski definition) is 2. The maximum Gasteiger partial charge on any atom is 0.0740 e. The van der Waals surface area contributed by atoms with Gasteiger partial charge in [0.05, 0.1) is 4.99 Å². The Kier molecular flexibility index (Phi) is 3.39. The fraction of sp³-hybridized carbons (Fsp3) is 0.909. The first kappa shape index (κ1) is 10.4. The largest absolute Gasteiger partial charge is 0.393 e. The maximum atomic E-state index is 5.53. The Balaban J connectivity index is 1.66. The first-order chi connectivity index (χ1) is 6.75. The van der Waals surface area contributed by atoms with Crippen LogP contribution in [-0.4, -0.2) is 29.0 Å². The summed E-state index contributed by atoms with van der Waals surface area (Å²) in [7, 11) is 0. The molecule has 2 rings (SSSR count). The second-order valence-electron chi connectivity index (χ2n) is 4.72. The van der Waals surface area contributed by atoms with Crippen molar-refractivity contribution < 1.29 is 0 Å². The van der Waals surface area contributed by atoms with Crippen LogP contribution in [0.2, 0.25) is 0 Å². The summed E-state index contributed by atoms with van der Waals surface area (Å²) in [6.45, 7) is 2.37. The summed E-state index contributed by atoms with van der Waals surface area (Å²) in [6.07, 6.45) is 8.01. The molecule has 0 spiro atoms. The molecule has 2 aliphatic rings. The van der Waals surface area contributed by atoms with Gasteiger partial charge in [-0.3, -0.25) is 4.90 Å². The van der Waals surface area contributed by atoms with Gasteiger partial charge in [-0.1, -0.05) is 25.1 Å². The summed E-state index contributed by atoms with van der Waals surface area (Å²) in [4.78, 5) is 3.26. The van der Waals surface area contributed by atoms with E-state index < -0.39 is 0 Å². The van der Waals surface area contributed by atoms with Gasteiger partial charge in [0.2, 0.25) is 0 Å². The lowest BCUT2D eigenvalue weighted by Crippen LogP contribution is -2.30. The average molecular weight is 212 g/mol. The molecule has 0 radical (unpaired) electrons. The topological polar surface area (TPSA) is 29.3 Å². The molecule has 0 heterocycles. The van der Waals surface area contributed by atoms with Gasteiger partial charge in [-0.2, -0.15) is 0 Å². The number of nitrogens with zero attached hydrogens (tertiary/aromatic N) is 1. The maximum absolute atomic E-state index is 5.53. The Hall–Kier alpha value is -0.150. The lowest BCUT2D eigenvalue weighted by atomic mass is 10.2. The Morgan fingerprint density at radius 2 is 1.93 bits per heavy atom. The molecular weight excluding hydrogens is 192 g/mol. The predicted molar refractivity (Wildman–Crippen MR) is 63.3 cm³/mol. The molecule has 0 atom stereocenters. The van der Waals surface area contributed by atoms with E-state index in [0.29, 0.717) is 4.99 Å². The van der Waals surface area contributed by atoms with Crippen molar-refractivity contribution >= 4 is 17.2 Å². The third kappa shape index (κ3) is 3.54. The Labute approximate surface area is 91.8 Å². The molecule has 0 aliphatic heterocycles. The van der Waals surface area contributed by atoms with Gasteiger partial charge < -0.3 is 5.73 Å². The van der Waals surface area contributed by atoms with Crippen LogP contribution in [0.3, 0.4) is 0 Å². The van der Waals surface area contributed by atoms with Crippen LogP contribution in [0.15, 0.2) is 0 Å². The molecule has 0 aromatic carbocycles.